The van der Waals surface area contributed by atoms with Crippen molar-refractivity contribution in [2.45, 2.75) is 84.2 Å². The van der Waals surface area contributed by atoms with Gasteiger partial charge in [-0.05, 0) is 61.8 Å². The van der Waals surface area contributed by atoms with Crippen LogP contribution in [-0.4, -0.2) is 69.6 Å². The summed E-state index contributed by atoms with van der Waals surface area (Å²) in [7, 11) is -5.35. The second kappa shape index (κ2) is 9.87. The summed E-state index contributed by atoms with van der Waals surface area (Å²) in [5.74, 6) is -6.17. The Balaban J connectivity index is 3.54. The van der Waals surface area contributed by atoms with Crippen molar-refractivity contribution in [1.82, 2.24) is 4.90 Å². The predicted octanol–water partition coefficient (Wildman–Crippen LogP) is 4.43. The number of ether oxygens (including phenoxy) is 2. The van der Waals surface area contributed by atoms with Crippen molar-refractivity contribution in [3.8, 4) is 0 Å². The van der Waals surface area contributed by atoms with E-state index in [1.807, 2.05) is 0 Å². The van der Waals surface area contributed by atoms with E-state index in [4.69, 9.17) is 9.47 Å². The monoisotopic (exact) mass is 515 g/mol. The average molecular weight is 515 g/mol. The number of hydrogen-bond donors (Lipinski definition) is 1. The predicted molar refractivity (Wildman–Crippen MR) is 114 cm³/mol. The van der Waals surface area contributed by atoms with Crippen LogP contribution in [0.4, 0.5) is 18.4 Å². The molecule has 0 aromatic carbocycles. The zero-order chi connectivity index (χ0) is 26.9. The van der Waals surface area contributed by atoms with E-state index >= 15 is 8.78 Å². The van der Waals surface area contributed by atoms with E-state index in [9.17, 15) is 28.8 Å². The molecule has 0 saturated heterocycles. The summed E-state index contributed by atoms with van der Waals surface area (Å²) in [5.41, 5.74) is -9.94. The highest BCUT2D eigenvalue weighted by Gasteiger charge is 2.77. The van der Waals surface area contributed by atoms with Crippen LogP contribution >= 0.6 is 7.60 Å². The number of Topliss-reactive ketones (excluding diaryl/α,β-unsaturated/α-hetero) is 1. The van der Waals surface area contributed by atoms with Crippen LogP contribution in [0, 0.1) is 5.92 Å². The van der Waals surface area contributed by atoms with Crippen LogP contribution in [0.2, 0.25) is 0 Å². The van der Waals surface area contributed by atoms with Gasteiger partial charge in [0.1, 0.15) is 11.2 Å². The maximum atomic E-state index is 15.0. The van der Waals surface area contributed by atoms with E-state index in [1.54, 1.807) is 0 Å². The van der Waals surface area contributed by atoms with E-state index in [-0.39, 0.29) is 4.90 Å². The Bertz CT molecular complexity index is 842. The third-order valence-corrected chi connectivity index (χ3v) is 6.51. The molecule has 196 valence electrons. The molecule has 0 heterocycles. The summed E-state index contributed by atoms with van der Waals surface area (Å²) in [6, 6.07) is 0. The molecule has 1 aliphatic rings. The molecule has 0 aromatic heterocycles. The number of rotatable bonds is 9. The van der Waals surface area contributed by atoms with Crippen LogP contribution < -0.4 is 0 Å². The van der Waals surface area contributed by atoms with Crippen LogP contribution in [0.5, 0.6) is 0 Å². The molecule has 1 N–H and O–H groups in total. The summed E-state index contributed by atoms with van der Waals surface area (Å²) in [5, 5.41) is 9.88. The third kappa shape index (κ3) is 6.11. The van der Waals surface area contributed by atoms with Crippen molar-refractivity contribution in [2.24, 2.45) is 5.92 Å². The standard InChI is InChI=1S/C20H32F2NO10P/c1-9-30-34(29,31-10-2)20(21,22)13(24)12-11-19(12,14(25)26)23(15(27)32-17(3,4)5)16(28)33-18(6,7)8/h12H,9-11H2,1-8H3,(H,25,26)/t12-,19+/m0/s1. The molecule has 0 spiro atoms. The second-order valence-corrected chi connectivity index (χ2v) is 11.6. The molecule has 1 saturated carbocycles. The minimum atomic E-state index is -5.35. The van der Waals surface area contributed by atoms with E-state index in [0.29, 0.717) is 0 Å². The van der Waals surface area contributed by atoms with Crippen LogP contribution in [-0.2, 0) is 32.7 Å². The van der Waals surface area contributed by atoms with Gasteiger partial charge in [-0.1, -0.05) is 0 Å². The normalized spacial score (nSPS) is 20.9. The fourth-order valence-electron chi connectivity index (χ4n) is 3.04. The second-order valence-electron chi connectivity index (χ2n) is 9.52. The topological polar surface area (TPSA) is 146 Å². The number of carbonyl (C=O) groups excluding carboxylic acids is 3. The van der Waals surface area contributed by atoms with Crippen LogP contribution in [0.15, 0.2) is 0 Å². The van der Waals surface area contributed by atoms with Crippen molar-refractivity contribution in [2.75, 3.05) is 13.2 Å². The van der Waals surface area contributed by atoms with Gasteiger partial charge in [0.15, 0.2) is 5.54 Å². The van der Waals surface area contributed by atoms with Gasteiger partial charge < -0.3 is 23.6 Å². The number of carboxylic acids is 1. The van der Waals surface area contributed by atoms with Gasteiger partial charge >= 0.3 is 31.4 Å². The minimum Gasteiger partial charge on any atom is -0.479 e. The van der Waals surface area contributed by atoms with E-state index in [0.717, 1.165) is 0 Å². The van der Waals surface area contributed by atoms with Crippen LogP contribution in [0.3, 0.4) is 0 Å². The molecular weight excluding hydrogens is 483 g/mol. The highest BCUT2D eigenvalue weighted by atomic mass is 31.2. The van der Waals surface area contributed by atoms with E-state index in [2.05, 4.69) is 9.05 Å². The highest BCUT2D eigenvalue weighted by Crippen LogP contribution is 2.65. The van der Waals surface area contributed by atoms with Gasteiger partial charge in [-0.2, -0.15) is 13.7 Å². The Morgan fingerprint density at radius 2 is 1.32 bits per heavy atom. The van der Waals surface area contributed by atoms with Gasteiger partial charge in [-0.3, -0.25) is 9.36 Å². The lowest BCUT2D eigenvalue weighted by Crippen LogP contribution is -2.56. The molecule has 2 amide bonds. The number of aliphatic carboxylic acids is 1. The van der Waals surface area contributed by atoms with Crippen molar-refractivity contribution < 1.29 is 56.2 Å². The number of carbonyl (C=O) groups is 4. The molecule has 14 heteroatoms. The van der Waals surface area contributed by atoms with Gasteiger partial charge in [0, 0.05) is 0 Å². The Morgan fingerprint density at radius 1 is 0.941 bits per heavy atom. The summed E-state index contributed by atoms with van der Waals surface area (Å²) in [6.45, 7) is 10.1. The molecule has 0 aromatic rings. The number of nitrogens with zero attached hydrogens (tertiary/aromatic N) is 1. The molecule has 2 atom stereocenters. The molecule has 1 rings (SSSR count). The number of carboxylic acid groups (broad SMARTS) is 1. The highest BCUT2D eigenvalue weighted by molar-refractivity contribution is 7.56. The lowest BCUT2D eigenvalue weighted by Gasteiger charge is -2.32. The number of halogens is 2. The van der Waals surface area contributed by atoms with Crippen molar-refractivity contribution in [3.05, 3.63) is 0 Å². The van der Waals surface area contributed by atoms with Gasteiger partial charge in [0.2, 0.25) is 5.78 Å². The largest absolute Gasteiger partial charge is 0.479 e. The van der Waals surface area contributed by atoms with Gasteiger partial charge in [0.05, 0.1) is 19.1 Å². The SMILES string of the molecule is CCOP(=O)(OCC)C(F)(F)C(=O)[C@@H]1C[C@@]1(C(=O)O)N(C(=O)OC(C)(C)C)C(=O)OC(C)(C)C. The minimum absolute atomic E-state index is 0.0107. The molecule has 1 aliphatic carbocycles. The summed E-state index contributed by atoms with van der Waals surface area (Å²) in [6.07, 6.45) is -3.91. The summed E-state index contributed by atoms with van der Waals surface area (Å²) >= 11 is 0. The Morgan fingerprint density at radius 3 is 1.62 bits per heavy atom. The van der Waals surface area contributed by atoms with Gasteiger partial charge in [0.25, 0.3) is 0 Å². The Labute approximate surface area is 196 Å². The summed E-state index contributed by atoms with van der Waals surface area (Å²) < 4.78 is 62.0. The Kier molecular flexibility index (Phi) is 8.68. The maximum absolute atomic E-state index is 15.0. The number of alkyl halides is 2. The van der Waals surface area contributed by atoms with E-state index < -0.39 is 79.5 Å². The average Bonchev–Trinajstić information content (AvgIpc) is 3.34. The first-order valence-electron chi connectivity index (χ1n) is 10.5. The molecule has 34 heavy (non-hydrogen) atoms. The van der Waals surface area contributed by atoms with Crippen molar-refractivity contribution >= 4 is 31.5 Å². The third-order valence-electron chi connectivity index (χ3n) is 4.41. The number of imide groups is 1. The summed E-state index contributed by atoms with van der Waals surface area (Å²) in [4.78, 5) is 50.7. The molecule has 0 unspecified atom stereocenters. The first kappa shape index (κ1) is 29.9. The van der Waals surface area contributed by atoms with Gasteiger partial charge in [-0.15, -0.1) is 0 Å². The lowest BCUT2D eigenvalue weighted by atomic mass is 10.1. The smallest absolute Gasteiger partial charge is 0.420 e. The molecular formula is C20H32F2NO10P. The fourth-order valence-corrected chi connectivity index (χ4v) is 4.54. The maximum Gasteiger partial charge on any atom is 0.420 e. The molecule has 0 aliphatic heterocycles. The van der Waals surface area contributed by atoms with Crippen LogP contribution in [0.25, 0.3) is 0 Å². The quantitative estimate of drug-likeness (QED) is 0.438. The van der Waals surface area contributed by atoms with Gasteiger partial charge in [-0.25, -0.2) is 14.4 Å². The van der Waals surface area contributed by atoms with Crippen LogP contribution in [0.1, 0.15) is 61.8 Å². The molecule has 0 bridgehead atoms. The molecule has 0 radical (unpaired) electrons. The van der Waals surface area contributed by atoms with Crippen molar-refractivity contribution in [3.63, 3.8) is 0 Å². The van der Waals surface area contributed by atoms with E-state index in [1.165, 1.54) is 55.4 Å². The fraction of sp³-hybridized carbons (Fsp3) is 0.800. The first-order valence-corrected chi connectivity index (χ1v) is 12.1. The molecule has 1 fully saturated rings. The van der Waals surface area contributed by atoms with Crippen molar-refractivity contribution in [1.29, 1.82) is 0 Å². The Hall–Kier alpha value is -2.11. The zero-order valence-electron chi connectivity index (χ0n) is 20.5. The number of hydrogen-bond acceptors (Lipinski definition) is 9. The molecule has 11 nitrogen and oxygen atoms in total. The zero-order valence-corrected chi connectivity index (χ0v) is 21.4. The number of amides is 2. The first-order chi connectivity index (χ1) is 15.2. The lowest BCUT2D eigenvalue weighted by molar-refractivity contribution is -0.149. The number of ketones is 1.